The Labute approximate surface area is 312 Å². The molecule has 4 heterocycles. The van der Waals surface area contributed by atoms with Crippen molar-refractivity contribution in [3.05, 3.63) is 118 Å². The highest BCUT2D eigenvalue weighted by molar-refractivity contribution is 7.19. The van der Waals surface area contributed by atoms with Crippen LogP contribution < -0.4 is 9.47 Å². The predicted molar refractivity (Wildman–Crippen MR) is 216 cm³/mol. The molecule has 0 saturated heterocycles. The number of rotatable bonds is 4. The Morgan fingerprint density at radius 2 is 1.02 bits per heavy atom. The zero-order valence-electron chi connectivity index (χ0n) is 30.2. The van der Waals surface area contributed by atoms with Gasteiger partial charge in [-0.2, -0.15) is 8.75 Å². The van der Waals surface area contributed by atoms with Gasteiger partial charge in [0.1, 0.15) is 11.0 Å². The number of allylic oxidation sites excluding steroid dienone is 3. The summed E-state index contributed by atoms with van der Waals surface area (Å²) in [5.41, 5.74) is 12.2. The molecule has 4 unspecified atom stereocenters. The Kier molecular flexibility index (Phi) is 7.42. The van der Waals surface area contributed by atoms with E-state index in [-0.39, 0.29) is 11.8 Å². The lowest BCUT2D eigenvalue weighted by Crippen LogP contribution is -2.49. The van der Waals surface area contributed by atoms with Gasteiger partial charge < -0.3 is 9.47 Å². The number of ether oxygens (including phenoxy) is 2. The van der Waals surface area contributed by atoms with E-state index in [0.29, 0.717) is 0 Å². The van der Waals surface area contributed by atoms with Crippen LogP contribution in [0.2, 0.25) is 0 Å². The first-order chi connectivity index (χ1) is 24.4. The van der Waals surface area contributed by atoms with E-state index in [4.69, 9.17) is 18.2 Å². The zero-order chi connectivity index (χ0) is 35.4. The number of aryl methyl sites for hydroxylation is 4. The molecule has 3 aromatic heterocycles. The van der Waals surface area contributed by atoms with Gasteiger partial charge in [0, 0.05) is 25.1 Å². The van der Waals surface area contributed by atoms with Crippen LogP contribution in [0.3, 0.4) is 0 Å². The molecule has 2 aliphatic carbocycles. The minimum absolute atomic E-state index is 0.279. The Balaban J connectivity index is 1.33. The smallest absolute Gasteiger partial charge is 0.174 e. The topological polar surface area (TPSA) is 44.2 Å². The van der Waals surface area contributed by atoms with Crippen LogP contribution in [0.1, 0.15) is 49.9 Å². The summed E-state index contributed by atoms with van der Waals surface area (Å²) in [6.45, 7) is 17.7. The van der Waals surface area contributed by atoms with E-state index >= 15 is 0 Å². The van der Waals surface area contributed by atoms with Crippen LogP contribution in [-0.2, 0) is 0 Å². The van der Waals surface area contributed by atoms with Crippen LogP contribution >= 0.6 is 34.4 Å². The van der Waals surface area contributed by atoms with Crippen molar-refractivity contribution < 1.29 is 9.47 Å². The van der Waals surface area contributed by atoms with Crippen molar-refractivity contribution in [3.63, 3.8) is 0 Å². The molecule has 0 bridgehead atoms. The minimum atomic E-state index is -0.726. The highest BCUT2D eigenvalue weighted by atomic mass is 32.1. The fourth-order valence-corrected chi connectivity index (χ4v) is 11.2. The second kappa shape index (κ2) is 11.6. The summed E-state index contributed by atoms with van der Waals surface area (Å²) < 4.78 is 25.0. The van der Waals surface area contributed by atoms with Crippen LogP contribution in [0.25, 0.3) is 52.8 Å². The van der Waals surface area contributed by atoms with Gasteiger partial charge in [-0.1, -0.05) is 73.5 Å². The van der Waals surface area contributed by atoms with Crippen LogP contribution in [0.15, 0.2) is 96.1 Å². The normalized spacial score (nSPS) is 23.5. The maximum atomic E-state index is 7.50. The average Bonchev–Trinajstić information content (AvgIpc) is 3.88. The fourth-order valence-electron chi connectivity index (χ4n) is 8.41. The van der Waals surface area contributed by atoms with Crippen LogP contribution in [-0.4, -0.2) is 19.9 Å². The molecule has 7 heteroatoms. The first kappa shape index (κ1) is 32.6. The average molecular weight is 725 g/mol. The maximum Gasteiger partial charge on any atom is 0.174 e. The molecule has 9 rings (SSSR count). The van der Waals surface area contributed by atoms with Gasteiger partial charge in [0.25, 0.3) is 0 Å². The lowest BCUT2D eigenvalue weighted by Gasteiger charge is -2.45. The van der Waals surface area contributed by atoms with Crippen LogP contribution in [0.5, 0.6) is 11.5 Å². The quantitative estimate of drug-likeness (QED) is 0.170. The third kappa shape index (κ3) is 5.03. The van der Waals surface area contributed by atoms with E-state index in [1.807, 2.05) is 0 Å². The molecule has 256 valence electrons. The van der Waals surface area contributed by atoms with Gasteiger partial charge in [0.05, 0.1) is 22.9 Å². The van der Waals surface area contributed by atoms with E-state index in [1.54, 1.807) is 22.7 Å². The van der Waals surface area contributed by atoms with Crippen LogP contribution in [0.4, 0.5) is 0 Å². The molecule has 3 aliphatic rings. The van der Waals surface area contributed by atoms with Crippen molar-refractivity contribution in [1.29, 1.82) is 0 Å². The van der Waals surface area contributed by atoms with Crippen LogP contribution in [0, 0.1) is 39.5 Å². The molecule has 51 heavy (non-hydrogen) atoms. The molecule has 1 aliphatic heterocycles. The minimum Gasteiger partial charge on any atom is -0.474 e. The third-order valence-electron chi connectivity index (χ3n) is 10.9. The lowest BCUT2D eigenvalue weighted by molar-refractivity contribution is 0.130. The van der Waals surface area contributed by atoms with Gasteiger partial charge in [-0.05, 0) is 118 Å². The summed E-state index contributed by atoms with van der Waals surface area (Å²) in [5, 5.41) is 0. The summed E-state index contributed by atoms with van der Waals surface area (Å²) in [4.78, 5) is 4.60. The summed E-state index contributed by atoms with van der Waals surface area (Å²) in [6, 6.07) is 22.2. The molecular formula is C44H40N2O2S3. The number of aromatic nitrogens is 2. The maximum absolute atomic E-state index is 7.50. The molecular weight excluding hydrogens is 685 g/mol. The van der Waals surface area contributed by atoms with Crippen molar-refractivity contribution in [2.75, 3.05) is 0 Å². The molecule has 0 radical (unpaired) electrons. The lowest BCUT2D eigenvalue weighted by atomic mass is 9.67. The Morgan fingerprint density at radius 1 is 0.588 bits per heavy atom. The van der Waals surface area contributed by atoms with Gasteiger partial charge >= 0.3 is 0 Å². The molecule has 0 fully saturated rings. The molecule has 0 saturated carbocycles. The van der Waals surface area contributed by atoms with E-state index in [1.165, 1.54) is 66.0 Å². The molecule has 0 amide bonds. The number of fused-ring (bicyclic) bond motifs is 2. The monoisotopic (exact) mass is 724 g/mol. The summed E-state index contributed by atoms with van der Waals surface area (Å²) in [5.74, 6) is 2.01. The first-order valence-corrected chi connectivity index (χ1v) is 20.0. The Bertz CT molecular complexity index is 2340. The van der Waals surface area contributed by atoms with Gasteiger partial charge in [0.15, 0.2) is 22.7 Å². The van der Waals surface area contributed by atoms with Gasteiger partial charge in [0.2, 0.25) is 0 Å². The number of nitrogens with zero attached hydrogens (tertiary/aromatic N) is 2. The third-order valence-corrected chi connectivity index (χ3v) is 13.7. The number of benzene rings is 3. The molecule has 0 N–H and O–H groups in total. The van der Waals surface area contributed by atoms with E-state index in [0.717, 1.165) is 43.4 Å². The Hall–Kier alpha value is -4.30. The van der Waals surface area contributed by atoms with Gasteiger partial charge in [-0.25, -0.2) is 0 Å². The zero-order valence-corrected chi connectivity index (χ0v) is 32.6. The fraction of sp³-hybridized carbons (Fsp3) is 0.273. The number of hydrogen-bond donors (Lipinski definition) is 0. The van der Waals surface area contributed by atoms with Crippen molar-refractivity contribution in [2.24, 2.45) is 11.8 Å². The first-order valence-electron chi connectivity index (χ1n) is 17.6. The summed E-state index contributed by atoms with van der Waals surface area (Å²) >= 11 is 4.80. The van der Waals surface area contributed by atoms with E-state index in [9.17, 15) is 0 Å². The molecule has 4 nitrogen and oxygen atoms in total. The van der Waals surface area contributed by atoms with Crippen molar-refractivity contribution in [1.82, 2.24) is 8.75 Å². The molecule has 0 spiro atoms. The largest absolute Gasteiger partial charge is 0.474 e. The molecule has 4 atom stereocenters. The number of thiophene rings is 2. The van der Waals surface area contributed by atoms with Crippen molar-refractivity contribution in [2.45, 2.75) is 66.6 Å². The second-order valence-corrected chi connectivity index (χ2v) is 17.6. The van der Waals surface area contributed by atoms with Crippen molar-refractivity contribution in [3.8, 4) is 53.3 Å². The highest BCUT2D eigenvalue weighted by Crippen LogP contribution is 2.60. The predicted octanol–water partition coefficient (Wildman–Crippen LogP) is 12.7. The van der Waals surface area contributed by atoms with E-state index < -0.39 is 11.2 Å². The van der Waals surface area contributed by atoms with Crippen molar-refractivity contribution >= 4 is 45.4 Å². The van der Waals surface area contributed by atoms with E-state index in [2.05, 4.69) is 140 Å². The van der Waals surface area contributed by atoms with Gasteiger partial charge in [-0.3, -0.25) is 0 Å². The standard InChI is InChI=1S/C44H40N2O2S3/c1-23-9-11-25(3)29(21-23)31-13-15-33(49-31)36-38-39(46-51-45-38)37(34-16-14-32(50-34)30-22-24(2)10-12-26(30)4)41-40(36)47-43(7)19-17-27(5)35-28(6)18-20-44(8,48-41)42(35)43/h9-22,27-28H,1-8H3. The Morgan fingerprint density at radius 3 is 1.47 bits per heavy atom. The second-order valence-electron chi connectivity index (χ2n) is 14.9. The SMILES string of the molecule is Cc1ccc(C)c(-c2ccc(-c3c4c(c(-c5ccc(-c6cc(C)ccc6C)s5)c5nsnc35)OC3(C)C=CC(C)C5=C3C(C)(C=CC5C)O4)s2)c1. The highest BCUT2D eigenvalue weighted by Gasteiger charge is 2.52. The molecule has 3 aromatic carbocycles. The van der Waals surface area contributed by atoms with Gasteiger partial charge in [-0.15, -0.1) is 22.7 Å². The summed E-state index contributed by atoms with van der Waals surface area (Å²) in [6.07, 6.45) is 9.13. The number of hydrogen-bond acceptors (Lipinski definition) is 7. The summed E-state index contributed by atoms with van der Waals surface area (Å²) in [7, 11) is 0. The molecule has 6 aromatic rings.